The molecule has 2 amide bonds. The first-order valence-electron chi connectivity index (χ1n) is 12.5. The standard InChI is InChI=1S/C27H29ClN4O3/c28-19-8-6-18(7-9-19)26-25-21(20-4-1-2-5-22(20)29-25)16-23-27(34)31(17-24(33)32(23)26)11-3-10-30-12-14-35-15-13-30/h1-2,4-9,23,26,29H,3,10-17H2/p+1/t23-,26+/m0/s1. The first-order chi connectivity index (χ1) is 17.1. The molecule has 2 fully saturated rings. The molecule has 3 aliphatic rings. The highest BCUT2D eigenvalue weighted by molar-refractivity contribution is 6.30. The van der Waals surface area contributed by atoms with E-state index in [4.69, 9.17) is 16.3 Å². The Morgan fingerprint density at radius 2 is 1.83 bits per heavy atom. The van der Waals surface area contributed by atoms with Gasteiger partial charge >= 0.3 is 0 Å². The van der Waals surface area contributed by atoms with Crippen LogP contribution in [0.2, 0.25) is 5.02 Å². The Bertz CT molecular complexity index is 1250. The van der Waals surface area contributed by atoms with Crippen molar-refractivity contribution in [2.45, 2.75) is 24.9 Å². The van der Waals surface area contributed by atoms with E-state index >= 15 is 0 Å². The van der Waals surface area contributed by atoms with Crippen molar-refractivity contribution >= 4 is 34.3 Å². The molecule has 3 aliphatic heterocycles. The summed E-state index contributed by atoms with van der Waals surface area (Å²) in [5.41, 5.74) is 4.11. The number of ether oxygens (including phenoxy) is 1. The average Bonchev–Trinajstić information content (AvgIpc) is 3.25. The molecule has 4 heterocycles. The number of quaternary nitrogens is 1. The number of halogens is 1. The summed E-state index contributed by atoms with van der Waals surface area (Å²) in [6, 6.07) is 14.9. The molecule has 0 saturated carbocycles. The summed E-state index contributed by atoms with van der Waals surface area (Å²) in [6.07, 6.45) is 1.42. The van der Waals surface area contributed by atoms with Crippen LogP contribution in [0.1, 0.15) is 29.3 Å². The van der Waals surface area contributed by atoms with E-state index in [0.717, 1.165) is 67.0 Å². The number of carbonyl (C=O) groups is 2. The SMILES string of the molecule is O=C1[C@@H]2Cc3c([nH]c4ccccc34)[C@@H](c3ccc(Cl)cc3)N2C(=O)CN1CCC[NH+]1CCOCC1. The first kappa shape index (κ1) is 22.6. The van der Waals surface area contributed by atoms with E-state index in [9.17, 15) is 9.59 Å². The molecule has 2 atom stereocenters. The van der Waals surface area contributed by atoms with Crippen LogP contribution in [0.15, 0.2) is 48.5 Å². The van der Waals surface area contributed by atoms with Crippen molar-refractivity contribution in [3.63, 3.8) is 0 Å². The van der Waals surface area contributed by atoms with E-state index in [0.29, 0.717) is 18.0 Å². The van der Waals surface area contributed by atoms with Crippen LogP contribution in [0.5, 0.6) is 0 Å². The molecule has 182 valence electrons. The average molecular weight is 494 g/mol. The molecule has 0 radical (unpaired) electrons. The van der Waals surface area contributed by atoms with E-state index in [1.807, 2.05) is 41.3 Å². The fourth-order valence-electron chi connectivity index (χ4n) is 5.93. The number of rotatable bonds is 5. The number of morpholine rings is 1. The molecule has 0 spiro atoms. The summed E-state index contributed by atoms with van der Waals surface area (Å²) >= 11 is 6.17. The maximum absolute atomic E-state index is 13.8. The number of fused-ring (bicyclic) bond motifs is 4. The van der Waals surface area contributed by atoms with E-state index in [1.54, 1.807) is 4.90 Å². The van der Waals surface area contributed by atoms with Gasteiger partial charge in [0.05, 0.1) is 32.3 Å². The molecule has 35 heavy (non-hydrogen) atoms. The molecule has 0 unspecified atom stereocenters. The quantitative estimate of drug-likeness (QED) is 0.569. The maximum Gasteiger partial charge on any atom is 0.246 e. The summed E-state index contributed by atoms with van der Waals surface area (Å²) in [5.74, 6) is 0.0500. The third-order valence-electron chi connectivity index (χ3n) is 7.69. The Labute approximate surface area is 209 Å². The van der Waals surface area contributed by atoms with Crippen molar-refractivity contribution in [2.24, 2.45) is 0 Å². The Morgan fingerprint density at radius 3 is 2.63 bits per heavy atom. The van der Waals surface area contributed by atoms with Crippen LogP contribution in [-0.2, 0) is 20.7 Å². The lowest BCUT2D eigenvalue weighted by atomic mass is 9.86. The van der Waals surface area contributed by atoms with Crippen LogP contribution < -0.4 is 4.90 Å². The second-order valence-electron chi connectivity index (χ2n) is 9.76. The molecule has 7 nitrogen and oxygen atoms in total. The number of amides is 2. The number of piperazine rings is 1. The fourth-order valence-corrected chi connectivity index (χ4v) is 6.06. The van der Waals surface area contributed by atoms with Crippen molar-refractivity contribution in [2.75, 3.05) is 45.9 Å². The number of para-hydroxylation sites is 1. The van der Waals surface area contributed by atoms with Crippen LogP contribution in [0.25, 0.3) is 10.9 Å². The highest BCUT2D eigenvalue weighted by atomic mass is 35.5. The summed E-state index contributed by atoms with van der Waals surface area (Å²) in [5, 5.41) is 1.77. The third-order valence-corrected chi connectivity index (χ3v) is 7.94. The van der Waals surface area contributed by atoms with E-state index in [2.05, 4.69) is 17.1 Å². The van der Waals surface area contributed by atoms with E-state index in [1.165, 1.54) is 4.90 Å². The van der Waals surface area contributed by atoms with E-state index < -0.39 is 6.04 Å². The zero-order chi connectivity index (χ0) is 23.9. The van der Waals surface area contributed by atoms with Gasteiger partial charge in [-0.1, -0.05) is 41.9 Å². The van der Waals surface area contributed by atoms with Gasteiger partial charge in [-0.25, -0.2) is 0 Å². The van der Waals surface area contributed by atoms with Crippen LogP contribution >= 0.6 is 11.6 Å². The number of nitrogens with zero attached hydrogens (tertiary/aromatic N) is 2. The zero-order valence-electron chi connectivity index (χ0n) is 19.6. The van der Waals surface area contributed by atoms with Crippen molar-refractivity contribution < 1.29 is 19.2 Å². The Balaban J connectivity index is 1.31. The number of carbonyl (C=O) groups excluding carboxylic acids is 2. The van der Waals surface area contributed by atoms with Gasteiger partial charge in [0.1, 0.15) is 19.1 Å². The molecule has 8 heteroatoms. The van der Waals surface area contributed by atoms with Gasteiger partial charge in [0.25, 0.3) is 0 Å². The summed E-state index contributed by atoms with van der Waals surface area (Å²) in [4.78, 5) is 36.0. The zero-order valence-corrected chi connectivity index (χ0v) is 20.4. The van der Waals surface area contributed by atoms with Gasteiger partial charge in [0.2, 0.25) is 11.8 Å². The van der Waals surface area contributed by atoms with Gasteiger partial charge in [0.15, 0.2) is 0 Å². The predicted molar refractivity (Wildman–Crippen MR) is 134 cm³/mol. The maximum atomic E-state index is 13.8. The van der Waals surface area contributed by atoms with Gasteiger partial charge in [0, 0.05) is 41.0 Å². The minimum absolute atomic E-state index is 0.00224. The minimum Gasteiger partial charge on any atom is -0.370 e. The van der Waals surface area contributed by atoms with Crippen LogP contribution in [-0.4, -0.2) is 78.6 Å². The highest BCUT2D eigenvalue weighted by Gasteiger charge is 2.48. The number of aromatic nitrogens is 1. The molecular weight excluding hydrogens is 464 g/mol. The van der Waals surface area contributed by atoms with Crippen molar-refractivity contribution in [3.8, 4) is 0 Å². The first-order valence-corrected chi connectivity index (χ1v) is 12.8. The predicted octanol–water partition coefficient (Wildman–Crippen LogP) is 1.81. The van der Waals surface area contributed by atoms with Gasteiger partial charge in [-0.3, -0.25) is 9.59 Å². The Hall–Kier alpha value is -2.87. The third kappa shape index (κ3) is 4.11. The van der Waals surface area contributed by atoms with Crippen LogP contribution in [0.3, 0.4) is 0 Å². The van der Waals surface area contributed by atoms with Gasteiger partial charge in [-0.15, -0.1) is 0 Å². The Kier molecular flexibility index (Phi) is 6.00. The minimum atomic E-state index is -0.501. The lowest BCUT2D eigenvalue weighted by Gasteiger charge is -2.47. The molecule has 2 N–H and O–H groups in total. The second-order valence-corrected chi connectivity index (χ2v) is 10.2. The number of hydrogen-bond donors (Lipinski definition) is 2. The van der Waals surface area contributed by atoms with Crippen LogP contribution in [0, 0.1) is 0 Å². The summed E-state index contributed by atoms with van der Waals surface area (Å²) in [7, 11) is 0. The van der Waals surface area contributed by atoms with E-state index in [-0.39, 0.29) is 24.4 Å². The lowest BCUT2D eigenvalue weighted by molar-refractivity contribution is -0.908. The smallest absolute Gasteiger partial charge is 0.246 e. The molecule has 2 saturated heterocycles. The fraction of sp³-hybridized carbons (Fsp3) is 0.407. The molecule has 6 rings (SSSR count). The second kappa shape index (κ2) is 9.30. The number of nitrogens with one attached hydrogen (secondary N) is 2. The molecular formula is C27H30ClN4O3+. The number of aromatic amines is 1. The lowest BCUT2D eigenvalue weighted by Crippen LogP contribution is -3.14. The number of benzene rings is 2. The van der Waals surface area contributed by atoms with Gasteiger partial charge < -0.3 is 24.4 Å². The normalized spacial score (nSPS) is 23.0. The molecule has 0 aliphatic carbocycles. The summed E-state index contributed by atoms with van der Waals surface area (Å²) < 4.78 is 5.45. The summed E-state index contributed by atoms with van der Waals surface area (Å²) in [6.45, 7) is 5.36. The van der Waals surface area contributed by atoms with Crippen molar-refractivity contribution in [1.29, 1.82) is 0 Å². The highest BCUT2D eigenvalue weighted by Crippen LogP contribution is 2.42. The molecule has 2 aromatic carbocycles. The number of hydrogen-bond acceptors (Lipinski definition) is 3. The Morgan fingerprint density at radius 1 is 1.06 bits per heavy atom. The molecule has 0 bridgehead atoms. The molecule has 3 aromatic rings. The molecule has 1 aromatic heterocycles. The van der Waals surface area contributed by atoms with Crippen molar-refractivity contribution in [1.82, 2.24) is 14.8 Å². The monoisotopic (exact) mass is 493 g/mol. The number of H-pyrrole nitrogens is 1. The van der Waals surface area contributed by atoms with Crippen molar-refractivity contribution in [3.05, 3.63) is 70.4 Å². The van der Waals surface area contributed by atoms with Gasteiger partial charge in [-0.2, -0.15) is 0 Å². The largest absolute Gasteiger partial charge is 0.370 e. The topological polar surface area (TPSA) is 70.1 Å². The van der Waals surface area contributed by atoms with Crippen LogP contribution in [0.4, 0.5) is 0 Å². The van der Waals surface area contributed by atoms with Gasteiger partial charge in [-0.05, 0) is 29.3 Å².